The lowest BCUT2D eigenvalue weighted by atomic mass is 9.96. The molecule has 0 amide bonds. The van der Waals surface area contributed by atoms with Crippen molar-refractivity contribution in [1.29, 1.82) is 0 Å². The summed E-state index contributed by atoms with van der Waals surface area (Å²) < 4.78 is 2.30. The fraction of sp³-hybridized carbons (Fsp3) is 0. The van der Waals surface area contributed by atoms with Crippen molar-refractivity contribution in [3.63, 3.8) is 0 Å². The van der Waals surface area contributed by atoms with Gasteiger partial charge in [0.05, 0.1) is 33.6 Å². The zero-order chi connectivity index (χ0) is 32.3. The second-order valence-corrected chi connectivity index (χ2v) is 12.5. The van der Waals surface area contributed by atoms with Crippen LogP contribution in [0.5, 0.6) is 0 Å². The lowest BCUT2D eigenvalue weighted by Crippen LogP contribution is -1.94. The summed E-state index contributed by atoms with van der Waals surface area (Å²) in [7, 11) is 0. The van der Waals surface area contributed by atoms with Gasteiger partial charge < -0.3 is 0 Å². The quantitative estimate of drug-likeness (QED) is 0.183. The summed E-state index contributed by atoms with van der Waals surface area (Å²) in [5.41, 5.74) is 12.6. The predicted molar refractivity (Wildman–Crippen MR) is 203 cm³/mol. The maximum Gasteiger partial charge on any atom is 0.146 e. The zero-order valence-electron chi connectivity index (χ0n) is 26.5. The van der Waals surface area contributed by atoms with Gasteiger partial charge in [-0.3, -0.25) is 9.38 Å². The third-order valence-corrected chi connectivity index (χ3v) is 9.62. The van der Waals surface area contributed by atoms with Gasteiger partial charge in [0.2, 0.25) is 0 Å². The van der Waals surface area contributed by atoms with Gasteiger partial charge in [0.25, 0.3) is 0 Å². The summed E-state index contributed by atoms with van der Waals surface area (Å²) in [4.78, 5) is 14.7. The molecule has 0 atom stereocenters. The minimum absolute atomic E-state index is 0.854. The lowest BCUT2D eigenvalue weighted by Gasteiger charge is -2.13. The van der Waals surface area contributed by atoms with E-state index in [1.807, 2.05) is 24.3 Å². The number of pyridine rings is 3. The summed E-state index contributed by atoms with van der Waals surface area (Å²) in [6.45, 7) is 0. The minimum atomic E-state index is 0.854. The highest BCUT2D eigenvalue weighted by atomic mass is 15.0. The summed E-state index contributed by atoms with van der Waals surface area (Å²) in [6.07, 6.45) is 1.81. The largest absolute Gasteiger partial charge is 0.292 e. The summed E-state index contributed by atoms with van der Waals surface area (Å²) in [5.74, 6) is 0. The van der Waals surface area contributed by atoms with Crippen LogP contribution in [-0.2, 0) is 0 Å². The molecule has 0 saturated heterocycles. The van der Waals surface area contributed by atoms with Crippen molar-refractivity contribution in [2.24, 2.45) is 0 Å². The van der Waals surface area contributed by atoms with E-state index in [9.17, 15) is 0 Å². The van der Waals surface area contributed by atoms with Gasteiger partial charge in [-0.2, -0.15) is 0 Å². The van der Waals surface area contributed by atoms with Crippen LogP contribution >= 0.6 is 0 Å². The molecular weight excluding hydrogens is 597 g/mol. The van der Waals surface area contributed by atoms with Crippen molar-refractivity contribution in [2.75, 3.05) is 0 Å². The fourth-order valence-corrected chi connectivity index (χ4v) is 7.17. The Kier molecular flexibility index (Phi) is 6.15. The normalized spacial score (nSPS) is 11.7. The lowest BCUT2D eigenvalue weighted by molar-refractivity contribution is 1.25. The number of aromatic nitrogens is 4. The first-order valence-corrected chi connectivity index (χ1v) is 16.5. The first-order valence-electron chi connectivity index (χ1n) is 16.5. The van der Waals surface area contributed by atoms with Crippen molar-refractivity contribution in [1.82, 2.24) is 19.4 Å². The van der Waals surface area contributed by atoms with Crippen LogP contribution in [0.4, 0.5) is 0 Å². The Bertz CT molecular complexity index is 2870. The van der Waals surface area contributed by atoms with Gasteiger partial charge in [0.1, 0.15) is 5.65 Å². The van der Waals surface area contributed by atoms with Gasteiger partial charge in [0.15, 0.2) is 0 Å². The number of hydrogen-bond donors (Lipinski definition) is 0. The maximum atomic E-state index is 5.13. The van der Waals surface area contributed by atoms with Crippen LogP contribution in [-0.4, -0.2) is 19.4 Å². The number of fused-ring (bicyclic) bond motifs is 9. The van der Waals surface area contributed by atoms with Crippen molar-refractivity contribution in [2.45, 2.75) is 0 Å². The van der Waals surface area contributed by atoms with Gasteiger partial charge in [-0.1, -0.05) is 97.1 Å². The standard InChI is InChI=1S/C45H28N4/c1-2-9-32-26-33(20-19-29(32)8-1)30-15-17-31(18-16-30)34-22-24-43-38(27-34)37-28-35(39-12-7-13-41(47-39)40-10-5-6-25-46-40)21-23-36(37)45-48-42-11-3-4-14-44(42)49(43)45/h1-28H. The molecule has 0 fully saturated rings. The molecule has 0 N–H and O–H groups in total. The first kappa shape index (κ1) is 27.5. The van der Waals surface area contributed by atoms with Gasteiger partial charge in [0, 0.05) is 22.5 Å². The molecule has 4 heteroatoms. The van der Waals surface area contributed by atoms with E-state index in [0.717, 1.165) is 55.6 Å². The second-order valence-electron chi connectivity index (χ2n) is 12.5. The molecule has 228 valence electrons. The van der Waals surface area contributed by atoms with Crippen LogP contribution in [0.2, 0.25) is 0 Å². The van der Waals surface area contributed by atoms with Crippen molar-refractivity contribution >= 4 is 49.1 Å². The highest BCUT2D eigenvalue weighted by molar-refractivity contribution is 6.15. The van der Waals surface area contributed by atoms with E-state index in [0.29, 0.717) is 0 Å². The van der Waals surface area contributed by atoms with Gasteiger partial charge in [-0.25, -0.2) is 9.97 Å². The first-order chi connectivity index (χ1) is 24.3. The van der Waals surface area contributed by atoms with E-state index >= 15 is 0 Å². The zero-order valence-corrected chi connectivity index (χ0v) is 26.5. The second kappa shape index (κ2) is 11.0. The van der Waals surface area contributed by atoms with Crippen LogP contribution in [0.3, 0.4) is 0 Å². The molecule has 0 aliphatic rings. The SMILES string of the molecule is c1ccc(-c2cccc(-c3ccc4c(c3)c3cc(-c5ccc(-c6ccc7ccccc7c6)cc5)ccc3n3c5ccccc5nc43)n2)nc1. The molecule has 6 aromatic carbocycles. The molecule has 0 saturated carbocycles. The van der Waals surface area contributed by atoms with Crippen LogP contribution in [0.1, 0.15) is 0 Å². The van der Waals surface area contributed by atoms with Crippen molar-refractivity contribution in [3.8, 4) is 44.9 Å². The Morgan fingerprint density at radius 3 is 1.90 bits per heavy atom. The smallest absolute Gasteiger partial charge is 0.146 e. The average molecular weight is 625 g/mol. The third kappa shape index (κ3) is 4.57. The molecule has 4 nitrogen and oxygen atoms in total. The molecule has 0 aliphatic heterocycles. The number of imidazole rings is 1. The minimum Gasteiger partial charge on any atom is -0.292 e. The van der Waals surface area contributed by atoms with Crippen molar-refractivity contribution in [3.05, 3.63) is 170 Å². The van der Waals surface area contributed by atoms with E-state index in [1.54, 1.807) is 6.20 Å². The Hall–Kier alpha value is -6.65. The Balaban J connectivity index is 1.15. The molecule has 49 heavy (non-hydrogen) atoms. The Labute approximate surface area is 282 Å². The molecule has 0 aliphatic carbocycles. The van der Waals surface area contributed by atoms with Crippen LogP contribution in [0.25, 0.3) is 94.0 Å². The predicted octanol–water partition coefficient (Wildman–Crippen LogP) is 11.4. The number of nitrogens with zero attached hydrogens (tertiary/aromatic N) is 4. The number of para-hydroxylation sites is 2. The number of hydrogen-bond acceptors (Lipinski definition) is 3. The molecule has 0 spiro atoms. The van der Waals surface area contributed by atoms with Crippen molar-refractivity contribution < 1.29 is 0 Å². The fourth-order valence-electron chi connectivity index (χ4n) is 7.17. The molecule has 0 unspecified atom stereocenters. The molecule has 10 aromatic rings. The molecule has 4 heterocycles. The molecule has 10 rings (SSSR count). The monoisotopic (exact) mass is 624 g/mol. The molecular formula is C45H28N4. The van der Waals surface area contributed by atoms with E-state index < -0.39 is 0 Å². The van der Waals surface area contributed by atoms with E-state index in [2.05, 4.69) is 149 Å². The number of benzene rings is 6. The maximum absolute atomic E-state index is 5.13. The van der Waals surface area contributed by atoms with Gasteiger partial charge in [-0.15, -0.1) is 0 Å². The Morgan fingerprint density at radius 2 is 1.04 bits per heavy atom. The van der Waals surface area contributed by atoms with E-state index in [1.165, 1.54) is 38.4 Å². The topological polar surface area (TPSA) is 43.1 Å². The third-order valence-electron chi connectivity index (χ3n) is 9.62. The van der Waals surface area contributed by atoms with Gasteiger partial charge in [-0.05, 0) is 105 Å². The van der Waals surface area contributed by atoms with E-state index in [-0.39, 0.29) is 0 Å². The van der Waals surface area contributed by atoms with Crippen LogP contribution in [0, 0.1) is 0 Å². The highest BCUT2D eigenvalue weighted by Gasteiger charge is 2.16. The molecule has 4 aromatic heterocycles. The molecule has 0 bridgehead atoms. The summed E-state index contributed by atoms with van der Waals surface area (Å²) in [5, 5.41) is 5.93. The van der Waals surface area contributed by atoms with Crippen LogP contribution in [0.15, 0.2) is 170 Å². The molecule has 0 radical (unpaired) electrons. The summed E-state index contributed by atoms with van der Waals surface area (Å²) >= 11 is 0. The number of rotatable bonds is 4. The average Bonchev–Trinajstić information content (AvgIpc) is 3.58. The van der Waals surface area contributed by atoms with Gasteiger partial charge >= 0.3 is 0 Å². The van der Waals surface area contributed by atoms with Crippen LogP contribution < -0.4 is 0 Å². The Morgan fingerprint density at radius 1 is 0.367 bits per heavy atom. The highest BCUT2D eigenvalue weighted by Crippen LogP contribution is 2.37. The van der Waals surface area contributed by atoms with E-state index in [4.69, 9.17) is 9.97 Å². The summed E-state index contributed by atoms with van der Waals surface area (Å²) in [6, 6.07) is 58.0.